The largest absolute Gasteiger partial charge is 0.478 e. The van der Waals surface area contributed by atoms with Gasteiger partial charge in [0.25, 0.3) is 5.56 Å². The van der Waals surface area contributed by atoms with Crippen molar-refractivity contribution >= 4 is 45.0 Å². The third-order valence-electron chi connectivity index (χ3n) is 4.49. The molecular formula is C23H15BrN2O3. The standard InChI is InChI=1S/C23H15BrN2O3/c24-19-7-3-1-5-15(19)11-14-21-25-20-8-4-2-6-18(20)22(27)26(21)17-12-9-16(10-13-17)23(28)29/h1-14H,(H,28,29)/b14-11+. The van der Waals surface area contributed by atoms with Gasteiger partial charge in [-0.3, -0.25) is 9.36 Å². The molecule has 142 valence electrons. The molecule has 0 fully saturated rings. The Kier molecular flexibility index (Phi) is 5.10. The maximum absolute atomic E-state index is 13.2. The number of benzene rings is 3. The molecule has 0 bridgehead atoms. The summed E-state index contributed by atoms with van der Waals surface area (Å²) in [6.45, 7) is 0. The van der Waals surface area contributed by atoms with Crippen LogP contribution in [0.1, 0.15) is 21.7 Å². The topological polar surface area (TPSA) is 72.2 Å². The highest BCUT2D eigenvalue weighted by atomic mass is 79.9. The summed E-state index contributed by atoms with van der Waals surface area (Å²) in [6, 6.07) is 21.1. The second-order valence-corrected chi connectivity index (χ2v) is 7.19. The van der Waals surface area contributed by atoms with Crippen molar-refractivity contribution in [2.75, 3.05) is 0 Å². The first kappa shape index (κ1) is 18.8. The average Bonchev–Trinajstić information content (AvgIpc) is 2.73. The number of fused-ring (bicyclic) bond motifs is 1. The number of carbonyl (C=O) groups is 1. The molecule has 0 saturated heterocycles. The van der Waals surface area contributed by atoms with Crippen LogP contribution in [0.2, 0.25) is 0 Å². The lowest BCUT2D eigenvalue weighted by Crippen LogP contribution is -2.22. The summed E-state index contributed by atoms with van der Waals surface area (Å²) in [5.41, 5.74) is 2.03. The molecule has 0 aliphatic rings. The number of aromatic carboxylic acids is 1. The van der Waals surface area contributed by atoms with Crippen LogP contribution in [0, 0.1) is 0 Å². The Hall–Kier alpha value is -3.51. The number of aromatic nitrogens is 2. The van der Waals surface area contributed by atoms with Gasteiger partial charge < -0.3 is 5.11 Å². The van der Waals surface area contributed by atoms with Crippen LogP contribution in [0.4, 0.5) is 0 Å². The van der Waals surface area contributed by atoms with Crippen LogP contribution in [0.5, 0.6) is 0 Å². The molecule has 1 N–H and O–H groups in total. The summed E-state index contributed by atoms with van der Waals surface area (Å²) in [7, 11) is 0. The van der Waals surface area contributed by atoms with E-state index in [1.807, 2.05) is 36.4 Å². The molecular weight excluding hydrogens is 432 g/mol. The van der Waals surface area contributed by atoms with E-state index in [-0.39, 0.29) is 11.1 Å². The van der Waals surface area contributed by atoms with Crippen LogP contribution in [0.25, 0.3) is 28.7 Å². The molecule has 0 atom stereocenters. The lowest BCUT2D eigenvalue weighted by atomic mass is 10.1. The first-order valence-electron chi connectivity index (χ1n) is 8.83. The van der Waals surface area contributed by atoms with Gasteiger partial charge in [0, 0.05) is 4.47 Å². The van der Waals surface area contributed by atoms with E-state index in [1.54, 1.807) is 36.4 Å². The van der Waals surface area contributed by atoms with Gasteiger partial charge in [-0.1, -0.05) is 52.3 Å². The van der Waals surface area contributed by atoms with Gasteiger partial charge in [0.15, 0.2) is 0 Å². The van der Waals surface area contributed by atoms with Gasteiger partial charge in [0.2, 0.25) is 0 Å². The van der Waals surface area contributed by atoms with E-state index in [2.05, 4.69) is 20.9 Å². The van der Waals surface area contributed by atoms with Gasteiger partial charge in [-0.05, 0) is 54.1 Å². The zero-order valence-corrected chi connectivity index (χ0v) is 16.7. The summed E-state index contributed by atoms with van der Waals surface area (Å²) in [5.74, 6) is -0.567. The fraction of sp³-hybridized carbons (Fsp3) is 0. The van der Waals surface area contributed by atoms with E-state index in [4.69, 9.17) is 5.11 Å². The van der Waals surface area contributed by atoms with Crippen LogP contribution < -0.4 is 5.56 Å². The predicted octanol–water partition coefficient (Wildman–Crippen LogP) is 5.02. The molecule has 0 radical (unpaired) electrons. The first-order chi connectivity index (χ1) is 14.0. The summed E-state index contributed by atoms with van der Waals surface area (Å²) in [5, 5.41) is 9.63. The van der Waals surface area contributed by atoms with Gasteiger partial charge in [0.1, 0.15) is 5.82 Å². The van der Waals surface area contributed by atoms with Gasteiger partial charge in [-0.25, -0.2) is 9.78 Å². The molecule has 4 rings (SSSR count). The Labute approximate surface area is 174 Å². The minimum absolute atomic E-state index is 0.154. The third kappa shape index (κ3) is 3.75. The number of carboxylic acid groups (broad SMARTS) is 1. The Morgan fingerprint density at radius 1 is 0.931 bits per heavy atom. The number of hydrogen-bond donors (Lipinski definition) is 1. The van der Waals surface area contributed by atoms with E-state index in [0.29, 0.717) is 22.4 Å². The highest BCUT2D eigenvalue weighted by Crippen LogP contribution is 2.20. The van der Waals surface area contributed by atoms with Crippen molar-refractivity contribution in [1.29, 1.82) is 0 Å². The molecule has 0 aliphatic heterocycles. The summed E-state index contributed by atoms with van der Waals surface area (Å²) >= 11 is 3.51. The Morgan fingerprint density at radius 3 is 2.34 bits per heavy atom. The van der Waals surface area contributed by atoms with Crippen molar-refractivity contribution in [3.8, 4) is 5.69 Å². The van der Waals surface area contributed by atoms with Crippen LogP contribution in [0.15, 0.2) is 82.1 Å². The average molecular weight is 447 g/mol. The van der Waals surface area contributed by atoms with Crippen LogP contribution in [-0.2, 0) is 0 Å². The molecule has 5 nitrogen and oxygen atoms in total. The molecule has 0 spiro atoms. The fourth-order valence-corrected chi connectivity index (χ4v) is 3.46. The van der Waals surface area contributed by atoms with Crippen LogP contribution in [-0.4, -0.2) is 20.6 Å². The molecule has 0 amide bonds. The quantitative estimate of drug-likeness (QED) is 0.477. The second-order valence-electron chi connectivity index (χ2n) is 6.33. The number of halogens is 1. The highest BCUT2D eigenvalue weighted by Gasteiger charge is 2.12. The van der Waals surface area contributed by atoms with E-state index in [9.17, 15) is 9.59 Å². The van der Waals surface area contributed by atoms with Crippen molar-refractivity contribution in [2.45, 2.75) is 0 Å². The van der Waals surface area contributed by atoms with Crippen molar-refractivity contribution < 1.29 is 9.90 Å². The molecule has 3 aromatic carbocycles. The smallest absolute Gasteiger partial charge is 0.335 e. The van der Waals surface area contributed by atoms with Crippen molar-refractivity contribution in [2.24, 2.45) is 0 Å². The van der Waals surface area contributed by atoms with Crippen LogP contribution >= 0.6 is 15.9 Å². The second kappa shape index (κ2) is 7.85. The number of carboxylic acids is 1. The van der Waals surface area contributed by atoms with Crippen molar-refractivity contribution in [3.63, 3.8) is 0 Å². The molecule has 29 heavy (non-hydrogen) atoms. The monoisotopic (exact) mass is 446 g/mol. The highest BCUT2D eigenvalue weighted by molar-refractivity contribution is 9.10. The van der Waals surface area contributed by atoms with E-state index in [1.165, 1.54) is 16.7 Å². The normalized spacial score (nSPS) is 11.2. The van der Waals surface area contributed by atoms with E-state index in [0.717, 1.165) is 10.0 Å². The third-order valence-corrected chi connectivity index (χ3v) is 5.21. The van der Waals surface area contributed by atoms with Crippen molar-refractivity contribution in [1.82, 2.24) is 9.55 Å². The summed E-state index contributed by atoms with van der Waals surface area (Å²) < 4.78 is 2.41. The molecule has 0 aliphatic carbocycles. The van der Waals surface area contributed by atoms with Gasteiger partial charge in [-0.2, -0.15) is 0 Å². The molecule has 4 aromatic rings. The molecule has 0 unspecified atom stereocenters. The van der Waals surface area contributed by atoms with Crippen molar-refractivity contribution in [3.05, 3.63) is 105 Å². The first-order valence-corrected chi connectivity index (χ1v) is 9.62. The summed E-state index contributed by atoms with van der Waals surface area (Å²) in [6.07, 6.45) is 3.65. The van der Waals surface area contributed by atoms with Gasteiger partial charge in [0.05, 0.1) is 22.2 Å². The van der Waals surface area contributed by atoms with E-state index < -0.39 is 5.97 Å². The minimum Gasteiger partial charge on any atom is -0.478 e. The number of hydrogen-bond acceptors (Lipinski definition) is 3. The molecule has 0 saturated carbocycles. The van der Waals surface area contributed by atoms with Gasteiger partial charge in [-0.15, -0.1) is 0 Å². The predicted molar refractivity (Wildman–Crippen MR) is 117 cm³/mol. The Bertz CT molecular complexity index is 1310. The molecule has 6 heteroatoms. The van der Waals surface area contributed by atoms with Gasteiger partial charge >= 0.3 is 5.97 Å². The number of rotatable bonds is 4. The Morgan fingerprint density at radius 2 is 1.62 bits per heavy atom. The number of nitrogens with zero attached hydrogens (tertiary/aromatic N) is 2. The Balaban J connectivity index is 1.92. The molecule has 1 heterocycles. The minimum atomic E-state index is -1.02. The zero-order valence-electron chi connectivity index (χ0n) is 15.1. The SMILES string of the molecule is O=C(O)c1ccc(-n2c(/C=C/c3ccccc3Br)nc3ccccc3c2=O)cc1. The molecule has 1 aromatic heterocycles. The summed E-state index contributed by atoms with van der Waals surface area (Å²) in [4.78, 5) is 29.0. The maximum Gasteiger partial charge on any atom is 0.335 e. The van der Waals surface area contributed by atoms with Crippen LogP contribution in [0.3, 0.4) is 0 Å². The lowest BCUT2D eigenvalue weighted by molar-refractivity contribution is 0.0697. The maximum atomic E-state index is 13.2. The number of para-hydroxylation sites is 1. The zero-order chi connectivity index (χ0) is 20.4. The fourth-order valence-electron chi connectivity index (χ4n) is 3.04. The van der Waals surface area contributed by atoms with E-state index >= 15 is 0 Å². The lowest BCUT2D eigenvalue weighted by Gasteiger charge is -2.12.